The summed E-state index contributed by atoms with van der Waals surface area (Å²) in [7, 11) is 1.38. The number of halogens is 2. The predicted octanol–water partition coefficient (Wildman–Crippen LogP) is 3.51. The van der Waals surface area contributed by atoms with Gasteiger partial charge in [0.2, 0.25) is 0 Å². The number of hydrogen-bond acceptors (Lipinski definition) is 3. The summed E-state index contributed by atoms with van der Waals surface area (Å²) in [6.45, 7) is 0.662. The minimum atomic E-state index is -0.269. The fourth-order valence-electron chi connectivity index (χ4n) is 2.68. The molecule has 2 rings (SSSR count). The zero-order valence-corrected chi connectivity index (χ0v) is 13.2. The zero-order chi connectivity index (χ0) is 14.5. The molecule has 0 aliphatic heterocycles. The molecular weight excluding hydrogens is 325 g/mol. The first-order valence-corrected chi connectivity index (χ1v) is 7.64. The Labute approximate surface area is 127 Å². The Morgan fingerprint density at radius 1 is 1.45 bits per heavy atom. The second-order valence-electron chi connectivity index (χ2n) is 5.16. The highest BCUT2D eigenvalue weighted by Crippen LogP contribution is 2.26. The molecule has 0 saturated heterocycles. The maximum Gasteiger partial charge on any atom is 0.319 e. The molecule has 0 aromatic heterocycles. The Bertz CT molecular complexity index is 475. The number of benzene rings is 1. The molecule has 0 radical (unpaired) electrons. The van der Waals surface area contributed by atoms with Crippen LogP contribution in [0.4, 0.5) is 4.39 Å². The third kappa shape index (κ3) is 4.03. The highest BCUT2D eigenvalue weighted by Gasteiger charge is 2.25. The first-order valence-electron chi connectivity index (χ1n) is 6.85. The van der Waals surface area contributed by atoms with Gasteiger partial charge < -0.3 is 4.74 Å². The summed E-state index contributed by atoms with van der Waals surface area (Å²) in [4.78, 5) is 13.6. The van der Waals surface area contributed by atoms with Gasteiger partial charge in [-0.15, -0.1) is 0 Å². The molecule has 1 fully saturated rings. The van der Waals surface area contributed by atoms with E-state index >= 15 is 0 Å². The molecule has 1 aliphatic carbocycles. The van der Waals surface area contributed by atoms with E-state index in [1.165, 1.54) is 26.0 Å². The number of methoxy groups -OCH3 is 1. The number of ether oxygens (including phenoxy) is 1. The van der Waals surface area contributed by atoms with E-state index in [-0.39, 0.29) is 18.3 Å². The minimum Gasteiger partial charge on any atom is -0.468 e. The quantitative estimate of drug-likeness (QED) is 0.766. The number of carbonyl (C=O) groups is 1. The monoisotopic (exact) mass is 343 g/mol. The van der Waals surface area contributed by atoms with Crippen LogP contribution in [0.2, 0.25) is 0 Å². The second-order valence-corrected chi connectivity index (χ2v) is 6.07. The Morgan fingerprint density at radius 2 is 2.15 bits per heavy atom. The molecule has 1 aromatic carbocycles. The first-order chi connectivity index (χ1) is 9.60. The summed E-state index contributed by atoms with van der Waals surface area (Å²) in [5.41, 5.74) is 0.615. The average molecular weight is 344 g/mol. The molecule has 5 heteroatoms. The molecule has 0 heterocycles. The van der Waals surface area contributed by atoms with Gasteiger partial charge >= 0.3 is 5.97 Å². The molecule has 0 amide bonds. The Kier molecular flexibility index (Phi) is 5.54. The summed E-state index contributed by atoms with van der Waals surface area (Å²) in [5, 5.41) is 0. The van der Waals surface area contributed by atoms with E-state index in [1.54, 1.807) is 6.07 Å². The van der Waals surface area contributed by atoms with Gasteiger partial charge in [-0.05, 0) is 25.0 Å². The van der Waals surface area contributed by atoms with E-state index in [9.17, 15) is 9.18 Å². The Balaban J connectivity index is 2.11. The molecule has 1 aromatic rings. The fraction of sp³-hybridized carbons (Fsp3) is 0.533. The van der Waals surface area contributed by atoms with Gasteiger partial charge in [0, 0.05) is 22.6 Å². The second kappa shape index (κ2) is 7.18. The first kappa shape index (κ1) is 15.4. The minimum absolute atomic E-state index is 0.219. The number of hydrogen-bond donors (Lipinski definition) is 0. The Morgan fingerprint density at radius 3 is 2.75 bits per heavy atom. The molecule has 0 atom stereocenters. The normalized spacial score (nSPS) is 15.8. The van der Waals surface area contributed by atoms with Crippen molar-refractivity contribution in [2.45, 2.75) is 38.3 Å². The smallest absolute Gasteiger partial charge is 0.319 e. The average Bonchev–Trinajstić information content (AvgIpc) is 2.94. The summed E-state index contributed by atoms with van der Waals surface area (Å²) in [6, 6.07) is 5.39. The third-order valence-electron chi connectivity index (χ3n) is 3.79. The third-order valence-corrected chi connectivity index (χ3v) is 4.28. The van der Waals surface area contributed by atoms with Crippen molar-refractivity contribution in [3.8, 4) is 0 Å². The standard InChI is InChI=1S/C15H19BrFNO2/c1-20-15(19)10-18(13-4-2-3-5-13)9-11-6-7-12(16)8-14(11)17/h6-8,13H,2-5,9-10H2,1H3. The van der Waals surface area contributed by atoms with Crippen LogP contribution < -0.4 is 0 Å². The van der Waals surface area contributed by atoms with Gasteiger partial charge in [-0.3, -0.25) is 9.69 Å². The van der Waals surface area contributed by atoms with E-state index in [0.29, 0.717) is 18.2 Å². The predicted molar refractivity (Wildman–Crippen MR) is 78.8 cm³/mol. The van der Waals surface area contributed by atoms with Crippen molar-refractivity contribution < 1.29 is 13.9 Å². The van der Waals surface area contributed by atoms with Gasteiger partial charge in [-0.2, -0.15) is 0 Å². The number of nitrogens with zero attached hydrogens (tertiary/aromatic N) is 1. The van der Waals surface area contributed by atoms with Crippen molar-refractivity contribution >= 4 is 21.9 Å². The van der Waals surface area contributed by atoms with Crippen LogP contribution in [0.3, 0.4) is 0 Å². The van der Waals surface area contributed by atoms with Gasteiger partial charge in [-0.1, -0.05) is 34.8 Å². The topological polar surface area (TPSA) is 29.5 Å². The summed E-state index contributed by atoms with van der Waals surface area (Å²) >= 11 is 3.25. The van der Waals surface area contributed by atoms with Crippen molar-refractivity contribution in [1.82, 2.24) is 4.90 Å². The largest absolute Gasteiger partial charge is 0.468 e. The van der Waals surface area contributed by atoms with Crippen LogP contribution in [0.25, 0.3) is 0 Å². The van der Waals surface area contributed by atoms with Gasteiger partial charge in [0.05, 0.1) is 13.7 Å². The number of rotatable bonds is 5. The number of esters is 1. The van der Waals surface area contributed by atoms with E-state index in [1.807, 2.05) is 11.0 Å². The van der Waals surface area contributed by atoms with Crippen LogP contribution in [0.5, 0.6) is 0 Å². The van der Waals surface area contributed by atoms with Crippen LogP contribution in [0.1, 0.15) is 31.2 Å². The molecule has 1 saturated carbocycles. The molecule has 1 aliphatic rings. The van der Waals surface area contributed by atoms with Gasteiger partial charge in [0.15, 0.2) is 0 Å². The maximum atomic E-state index is 13.9. The van der Waals surface area contributed by atoms with E-state index in [4.69, 9.17) is 4.74 Å². The van der Waals surface area contributed by atoms with Crippen molar-refractivity contribution in [2.75, 3.05) is 13.7 Å². The highest BCUT2D eigenvalue weighted by molar-refractivity contribution is 9.10. The van der Waals surface area contributed by atoms with Crippen LogP contribution in [0, 0.1) is 5.82 Å². The van der Waals surface area contributed by atoms with E-state index in [2.05, 4.69) is 15.9 Å². The number of carbonyl (C=O) groups excluding carboxylic acids is 1. The summed E-state index contributed by atoms with van der Waals surface area (Å²) in [6.07, 6.45) is 4.47. The van der Waals surface area contributed by atoms with Crippen LogP contribution in [0.15, 0.2) is 22.7 Å². The van der Waals surface area contributed by atoms with Crippen molar-refractivity contribution in [3.05, 3.63) is 34.1 Å². The lowest BCUT2D eigenvalue weighted by atomic mass is 10.1. The van der Waals surface area contributed by atoms with Crippen LogP contribution >= 0.6 is 15.9 Å². The van der Waals surface area contributed by atoms with Crippen molar-refractivity contribution in [2.24, 2.45) is 0 Å². The lowest BCUT2D eigenvalue weighted by Gasteiger charge is -2.27. The summed E-state index contributed by atoms with van der Waals surface area (Å²) in [5.74, 6) is -0.512. The van der Waals surface area contributed by atoms with E-state index < -0.39 is 0 Å². The zero-order valence-electron chi connectivity index (χ0n) is 11.6. The molecule has 0 unspecified atom stereocenters. The van der Waals surface area contributed by atoms with Gasteiger partial charge in [0.25, 0.3) is 0 Å². The van der Waals surface area contributed by atoms with E-state index in [0.717, 1.165) is 17.3 Å². The van der Waals surface area contributed by atoms with Gasteiger partial charge in [-0.25, -0.2) is 4.39 Å². The molecule has 0 spiro atoms. The molecular formula is C15H19BrFNO2. The fourth-order valence-corrected chi connectivity index (χ4v) is 3.02. The molecule has 3 nitrogen and oxygen atoms in total. The van der Waals surface area contributed by atoms with Crippen LogP contribution in [-0.4, -0.2) is 30.6 Å². The molecule has 20 heavy (non-hydrogen) atoms. The highest BCUT2D eigenvalue weighted by atomic mass is 79.9. The SMILES string of the molecule is COC(=O)CN(Cc1ccc(Br)cc1F)C1CCCC1. The Hall–Kier alpha value is -0.940. The van der Waals surface area contributed by atoms with Gasteiger partial charge in [0.1, 0.15) is 5.82 Å². The van der Waals surface area contributed by atoms with Crippen LogP contribution in [-0.2, 0) is 16.1 Å². The maximum absolute atomic E-state index is 13.9. The lowest BCUT2D eigenvalue weighted by Crippen LogP contribution is -2.37. The van der Waals surface area contributed by atoms with Crippen molar-refractivity contribution in [3.63, 3.8) is 0 Å². The molecule has 0 N–H and O–H groups in total. The summed E-state index contributed by atoms with van der Waals surface area (Å²) < 4.78 is 19.4. The lowest BCUT2D eigenvalue weighted by molar-refractivity contribution is -0.142. The van der Waals surface area contributed by atoms with Crippen molar-refractivity contribution in [1.29, 1.82) is 0 Å². The molecule has 0 bridgehead atoms. The molecule has 110 valence electrons.